The van der Waals surface area contributed by atoms with Gasteiger partial charge in [0, 0.05) is 6.04 Å². The second-order valence-electron chi connectivity index (χ2n) is 5.33. The number of oxazole rings is 1. The molecule has 0 bridgehead atoms. The standard InChI is InChI=1S/C15H21N3O/c1-2-11-6-3-4-9-18(11)10-14-17-15-12(16)7-5-8-13(15)19-14/h5,7-8,11H,2-4,6,9-10,16H2,1H3. The number of aromatic nitrogens is 1. The Morgan fingerprint density at radius 2 is 2.32 bits per heavy atom. The maximum atomic E-state index is 5.92. The number of piperidine rings is 1. The summed E-state index contributed by atoms with van der Waals surface area (Å²) in [4.78, 5) is 7.03. The molecule has 4 nitrogen and oxygen atoms in total. The summed E-state index contributed by atoms with van der Waals surface area (Å²) in [5, 5.41) is 0. The maximum absolute atomic E-state index is 5.92. The molecule has 2 N–H and O–H groups in total. The minimum atomic E-state index is 0.668. The van der Waals surface area contributed by atoms with Gasteiger partial charge in [-0.05, 0) is 37.9 Å². The van der Waals surface area contributed by atoms with Gasteiger partial charge < -0.3 is 10.2 Å². The molecule has 2 heterocycles. The fourth-order valence-corrected chi connectivity index (χ4v) is 2.99. The van der Waals surface area contributed by atoms with Gasteiger partial charge >= 0.3 is 0 Å². The summed E-state index contributed by atoms with van der Waals surface area (Å²) in [5.74, 6) is 0.785. The van der Waals surface area contributed by atoms with Crippen LogP contribution >= 0.6 is 0 Å². The first-order valence-electron chi connectivity index (χ1n) is 7.16. The lowest BCUT2D eigenvalue weighted by molar-refractivity contribution is 0.125. The van der Waals surface area contributed by atoms with Crippen molar-refractivity contribution >= 4 is 16.8 Å². The van der Waals surface area contributed by atoms with Gasteiger partial charge in [0.05, 0.1) is 12.2 Å². The highest BCUT2D eigenvalue weighted by molar-refractivity contribution is 5.85. The summed E-state index contributed by atoms with van der Waals surface area (Å²) < 4.78 is 5.81. The fourth-order valence-electron chi connectivity index (χ4n) is 2.99. The van der Waals surface area contributed by atoms with Crippen molar-refractivity contribution in [3.8, 4) is 0 Å². The van der Waals surface area contributed by atoms with Gasteiger partial charge in [-0.2, -0.15) is 0 Å². The second-order valence-corrected chi connectivity index (χ2v) is 5.33. The van der Waals surface area contributed by atoms with Crippen LogP contribution in [0.25, 0.3) is 11.1 Å². The summed E-state index contributed by atoms with van der Waals surface area (Å²) in [6.07, 6.45) is 5.11. The highest BCUT2D eigenvalue weighted by Crippen LogP contribution is 2.25. The van der Waals surface area contributed by atoms with E-state index in [4.69, 9.17) is 10.2 Å². The van der Waals surface area contributed by atoms with E-state index in [9.17, 15) is 0 Å². The van der Waals surface area contributed by atoms with Crippen LogP contribution in [0.2, 0.25) is 0 Å². The van der Waals surface area contributed by atoms with Crippen molar-refractivity contribution < 1.29 is 4.42 Å². The predicted octanol–water partition coefficient (Wildman–Crippen LogP) is 3.17. The summed E-state index contributed by atoms with van der Waals surface area (Å²) >= 11 is 0. The lowest BCUT2D eigenvalue weighted by atomic mass is 10.0. The van der Waals surface area contributed by atoms with Gasteiger partial charge in [0.15, 0.2) is 5.58 Å². The lowest BCUT2D eigenvalue weighted by Crippen LogP contribution is -2.38. The van der Waals surface area contributed by atoms with Gasteiger partial charge in [-0.1, -0.05) is 19.4 Å². The molecular weight excluding hydrogens is 238 g/mol. The molecule has 1 aliphatic heterocycles. The average molecular weight is 259 g/mol. The van der Waals surface area contributed by atoms with Gasteiger partial charge in [-0.25, -0.2) is 4.98 Å². The topological polar surface area (TPSA) is 55.3 Å². The van der Waals surface area contributed by atoms with E-state index in [1.54, 1.807) is 0 Å². The number of benzene rings is 1. The number of rotatable bonds is 3. The average Bonchev–Trinajstić information content (AvgIpc) is 2.83. The molecule has 1 fully saturated rings. The Bertz CT molecular complexity index is 564. The van der Waals surface area contributed by atoms with Crippen LogP contribution in [0.1, 0.15) is 38.5 Å². The molecule has 2 aromatic rings. The number of nitrogen functional groups attached to an aromatic ring is 1. The molecule has 1 aromatic heterocycles. The Hall–Kier alpha value is -1.55. The van der Waals surface area contributed by atoms with Gasteiger partial charge in [-0.15, -0.1) is 0 Å². The van der Waals surface area contributed by atoms with Crippen molar-refractivity contribution in [2.75, 3.05) is 12.3 Å². The van der Waals surface area contributed by atoms with E-state index in [0.717, 1.165) is 30.1 Å². The van der Waals surface area contributed by atoms with Crippen molar-refractivity contribution in [2.45, 2.75) is 45.2 Å². The monoisotopic (exact) mass is 259 g/mol. The fraction of sp³-hybridized carbons (Fsp3) is 0.533. The molecule has 0 amide bonds. The van der Waals surface area contributed by atoms with Crippen LogP contribution < -0.4 is 5.73 Å². The van der Waals surface area contributed by atoms with Gasteiger partial charge in [0.1, 0.15) is 5.52 Å². The summed E-state index contributed by atoms with van der Waals surface area (Å²) in [6, 6.07) is 6.36. The van der Waals surface area contributed by atoms with E-state index in [0.29, 0.717) is 11.7 Å². The van der Waals surface area contributed by atoms with Crippen molar-refractivity contribution in [3.63, 3.8) is 0 Å². The molecule has 0 radical (unpaired) electrons. The molecule has 1 aliphatic rings. The summed E-state index contributed by atoms with van der Waals surface area (Å²) in [6.45, 7) is 4.20. The van der Waals surface area contributed by atoms with E-state index in [1.807, 2.05) is 18.2 Å². The molecule has 19 heavy (non-hydrogen) atoms. The van der Waals surface area contributed by atoms with E-state index < -0.39 is 0 Å². The summed E-state index contributed by atoms with van der Waals surface area (Å²) in [7, 11) is 0. The van der Waals surface area contributed by atoms with Crippen LogP contribution in [0, 0.1) is 0 Å². The first-order valence-corrected chi connectivity index (χ1v) is 7.16. The van der Waals surface area contributed by atoms with E-state index in [-0.39, 0.29) is 0 Å². The number of para-hydroxylation sites is 1. The molecule has 0 spiro atoms. The number of anilines is 1. The van der Waals surface area contributed by atoms with Crippen molar-refractivity contribution in [1.82, 2.24) is 9.88 Å². The Balaban J connectivity index is 1.82. The molecular formula is C15H21N3O. The predicted molar refractivity (Wildman–Crippen MR) is 76.8 cm³/mol. The van der Waals surface area contributed by atoms with Crippen LogP contribution in [0.3, 0.4) is 0 Å². The Morgan fingerprint density at radius 3 is 3.11 bits per heavy atom. The van der Waals surface area contributed by atoms with Crippen LogP contribution in [0.4, 0.5) is 5.69 Å². The highest BCUT2D eigenvalue weighted by Gasteiger charge is 2.22. The largest absolute Gasteiger partial charge is 0.439 e. The van der Waals surface area contributed by atoms with E-state index in [1.165, 1.54) is 25.7 Å². The zero-order valence-corrected chi connectivity index (χ0v) is 11.4. The number of nitrogens with two attached hydrogens (primary N) is 1. The molecule has 3 rings (SSSR count). The normalized spacial score (nSPS) is 21.0. The zero-order valence-electron chi connectivity index (χ0n) is 11.4. The smallest absolute Gasteiger partial charge is 0.209 e. The van der Waals surface area contributed by atoms with Crippen LogP contribution in [0.15, 0.2) is 22.6 Å². The van der Waals surface area contributed by atoms with Gasteiger partial charge in [0.2, 0.25) is 5.89 Å². The Labute approximate surface area is 113 Å². The Kier molecular flexibility index (Phi) is 3.42. The van der Waals surface area contributed by atoms with Gasteiger partial charge in [0.25, 0.3) is 0 Å². The zero-order chi connectivity index (χ0) is 13.2. The third-order valence-electron chi connectivity index (χ3n) is 4.05. The minimum Gasteiger partial charge on any atom is -0.439 e. The third kappa shape index (κ3) is 2.45. The van der Waals surface area contributed by atoms with E-state index >= 15 is 0 Å². The van der Waals surface area contributed by atoms with Crippen LogP contribution in [-0.2, 0) is 6.54 Å². The molecule has 0 saturated carbocycles. The Morgan fingerprint density at radius 1 is 1.42 bits per heavy atom. The molecule has 1 unspecified atom stereocenters. The SMILES string of the molecule is CCC1CCCCN1Cc1nc2c(N)cccc2o1. The number of likely N-dealkylation sites (tertiary alicyclic amines) is 1. The van der Waals surface area contributed by atoms with Crippen LogP contribution in [-0.4, -0.2) is 22.5 Å². The number of hydrogen-bond donors (Lipinski definition) is 1. The number of nitrogens with zero attached hydrogens (tertiary/aromatic N) is 2. The molecule has 102 valence electrons. The first kappa shape index (κ1) is 12.5. The third-order valence-corrected chi connectivity index (χ3v) is 4.05. The molecule has 0 aliphatic carbocycles. The highest BCUT2D eigenvalue weighted by atomic mass is 16.3. The van der Waals surface area contributed by atoms with E-state index in [2.05, 4.69) is 16.8 Å². The second kappa shape index (κ2) is 5.21. The number of hydrogen-bond acceptors (Lipinski definition) is 4. The minimum absolute atomic E-state index is 0.668. The summed E-state index contributed by atoms with van der Waals surface area (Å²) in [5.41, 5.74) is 8.20. The lowest BCUT2D eigenvalue weighted by Gasteiger charge is -2.34. The van der Waals surface area contributed by atoms with Crippen molar-refractivity contribution in [2.24, 2.45) is 0 Å². The molecule has 1 aromatic carbocycles. The quantitative estimate of drug-likeness (QED) is 0.860. The van der Waals surface area contributed by atoms with Gasteiger partial charge in [-0.3, -0.25) is 4.90 Å². The van der Waals surface area contributed by atoms with Crippen molar-refractivity contribution in [1.29, 1.82) is 0 Å². The number of fused-ring (bicyclic) bond motifs is 1. The maximum Gasteiger partial charge on any atom is 0.209 e. The molecule has 1 saturated heterocycles. The molecule has 1 atom stereocenters. The van der Waals surface area contributed by atoms with Crippen LogP contribution in [0.5, 0.6) is 0 Å². The molecule has 4 heteroatoms. The first-order chi connectivity index (χ1) is 9.28. The van der Waals surface area contributed by atoms with Crippen molar-refractivity contribution in [3.05, 3.63) is 24.1 Å².